The van der Waals surface area contributed by atoms with Gasteiger partial charge >= 0.3 is 12.3 Å². The molecule has 7 heteroatoms. The molecule has 0 aliphatic heterocycles. The quantitative estimate of drug-likeness (QED) is 0.336. The van der Waals surface area contributed by atoms with E-state index in [1.54, 1.807) is 6.07 Å². The van der Waals surface area contributed by atoms with Crippen LogP contribution in [0.1, 0.15) is 55.9 Å². The van der Waals surface area contributed by atoms with Crippen molar-refractivity contribution in [3.63, 3.8) is 0 Å². The lowest BCUT2D eigenvalue weighted by molar-refractivity contribution is -0.274. The van der Waals surface area contributed by atoms with Crippen molar-refractivity contribution in [2.75, 3.05) is 0 Å². The van der Waals surface area contributed by atoms with E-state index in [-0.39, 0.29) is 18.7 Å². The van der Waals surface area contributed by atoms with Crippen LogP contribution in [0.2, 0.25) is 0 Å². The molecule has 0 heterocycles. The normalized spacial score (nSPS) is 19.9. The summed E-state index contributed by atoms with van der Waals surface area (Å²) in [5, 5.41) is 0. The summed E-state index contributed by atoms with van der Waals surface area (Å²) in [7, 11) is 0. The third-order valence-corrected chi connectivity index (χ3v) is 4.97. The van der Waals surface area contributed by atoms with Crippen molar-refractivity contribution >= 4 is 5.97 Å². The highest BCUT2D eigenvalue weighted by Crippen LogP contribution is 2.36. The maximum absolute atomic E-state index is 14.4. The van der Waals surface area contributed by atoms with Gasteiger partial charge in [-0.25, -0.2) is 9.18 Å². The molecule has 2 aromatic rings. The predicted molar refractivity (Wildman–Crippen MR) is 97.0 cm³/mol. The van der Waals surface area contributed by atoms with Gasteiger partial charge in [0.05, 0.1) is 5.56 Å². The number of ether oxygens (including phenoxy) is 2. The van der Waals surface area contributed by atoms with E-state index in [1.807, 2.05) is 0 Å². The lowest BCUT2D eigenvalue weighted by Crippen LogP contribution is -2.17. The van der Waals surface area contributed by atoms with Crippen molar-refractivity contribution in [1.82, 2.24) is 0 Å². The third kappa shape index (κ3) is 5.24. The van der Waals surface area contributed by atoms with Crippen LogP contribution in [0.15, 0.2) is 42.5 Å². The molecule has 0 radical (unpaired) electrons. The molecule has 0 amide bonds. The maximum Gasteiger partial charge on any atom is 0.573 e. The van der Waals surface area contributed by atoms with Crippen molar-refractivity contribution in [2.24, 2.45) is 5.92 Å². The van der Waals surface area contributed by atoms with Gasteiger partial charge in [-0.15, -0.1) is 13.2 Å². The van der Waals surface area contributed by atoms with E-state index < -0.39 is 23.9 Å². The molecule has 0 bridgehead atoms. The zero-order valence-electron chi connectivity index (χ0n) is 15.3. The van der Waals surface area contributed by atoms with Crippen molar-refractivity contribution in [3.05, 3.63) is 59.4 Å². The Labute approximate surface area is 161 Å². The maximum atomic E-state index is 14.4. The van der Waals surface area contributed by atoms with Crippen LogP contribution in [-0.4, -0.2) is 12.3 Å². The first-order valence-electron chi connectivity index (χ1n) is 9.08. The molecule has 0 saturated heterocycles. The number of esters is 1. The monoisotopic (exact) mass is 398 g/mol. The highest BCUT2D eigenvalue weighted by molar-refractivity contribution is 5.91. The molecule has 0 aromatic heterocycles. The van der Waals surface area contributed by atoms with Crippen LogP contribution >= 0.6 is 0 Å². The van der Waals surface area contributed by atoms with Gasteiger partial charge in [-0.1, -0.05) is 25.8 Å². The SMILES string of the molecule is CC1CCC(c2ccc(C(=O)Oc3ccc(OC(F)(F)F)cc3)c(F)c2)CC1.[HH]. The summed E-state index contributed by atoms with van der Waals surface area (Å²) in [5.74, 6) is -1.06. The summed E-state index contributed by atoms with van der Waals surface area (Å²) in [6, 6.07) is 8.83. The molecule has 1 aliphatic carbocycles. The molecule has 1 fully saturated rings. The first-order chi connectivity index (χ1) is 13.2. The van der Waals surface area contributed by atoms with Gasteiger partial charge in [0, 0.05) is 1.43 Å². The Kier molecular flexibility index (Phi) is 5.91. The molecule has 152 valence electrons. The van der Waals surface area contributed by atoms with E-state index in [2.05, 4.69) is 11.7 Å². The number of carbonyl (C=O) groups is 1. The van der Waals surface area contributed by atoms with Crippen LogP contribution in [0.3, 0.4) is 0 Å². The Balaban J connectivity index is 0.00000300. The number of benzene rings is 2. The smallest absolute Gasteiger partial charge is 0.423 e. The van der Waals surface area contributed by atoms with Gasteiger partial charge < -0.3 is 9.47 Å². The molecule has 3 rings (SSSR count). The van der Waals surface area contributed by atoms with E-state index in [9.17, 15) is 22.4 Å². The molecule has 0 N–H and O–H groups in total. The Bertz CT molecular complexity index is 829. The molecular weight excluding hydrogens is 376 g/mol. The predicted octanol–water partition coefficient (Wildman–Crippen LogP) is 6.48. The van der Waals surface area contributed by atoms with Crippen molar-refractivity contribution < 1.29 is 33.3 Å². The summed E-state index contributed by atoms with van der Waals surface area (Å²) >= 11 is 0. The second-order valence-electron chi connectivity index (χ2n) is 7.10. The molecule has 28 heavy (non-hydrogen) atoms. The minimum Gasteiger partial charge on any atom is -0.423 e. The highest BCUT2D eigenvalue weighted by Gasteiger charge is 2.31. The fourth-order valence-electron chi connectivity index (χ4n) is 3.42. The Hall–Kier alpha value is -2.57. The van der Waals surface area contributed by atoms with Crippen molar-refractivity contribution in [1.29, 1.82) is 0 Å². The van der Waals surface area contributed by atoms with E-state index in [0.29, 0.717) is 5.92 Å². The van der Waals surface area contributed by atoms with Gasteiger partial charge in [0.25, 0.3) is 0 Å². The lowest BCUT2D eigenvalue weighted by atomic mass is 9.79. The van der Waals surface area contributed by atoms with Crippen LogP contribution in [0.4, 0.5) is 17.6 Å². The molecule has 1 aliphatic rings. The van der Waals surface area contributed by atoms with Gasteiger partial charge in [-0.2, -0.15) is 0 Å². The highest BCUT2D eigenvalue weighted by atomic mass is 19.4. The number of carbonyl (C=O) groups excluding carboxylic acids is 1. The number of halogens is 4. The number of hydrogen-bond donors (Lipinski definition) is 0. The van der Waals surface area contributed by atoms with Crippen LogP contribution < -0.4 is 9.47 Å². The topological polar surface area (TPSA) is 35.5 Å². The minimum atomic E-state index is -4.81. The first-order valence-corrected chi connectivity index (χ1v) is 9.08. The molecule has 0 spiro atoms. The van der Waals surface area contributed by atoms with Crippen LogP contribution in [0, 0.1) is 11.7 Å². The lowest BCUT2D eigenvalue weighted by Gasteiger charge is -2.26. The van der Waals surface area contributed by atoms with Crippen molar-refractivity contribution in [3.8, 4) is 11.5 Å². The zero-order chi connectivity index (χ0) is 20.3. The van der Waals surface area contributed by atoms with Gasteiger partial charge in [-0.05, 0) is 66.6 Å². The fourth-order valence-corrected chi connectivity index (χ4v) is 3.42. The summed E-state index contributed by atoms with van der Waals surface area (Å²) in [4.78, 5) is 12.2. The van der Waals surface area contributed by atoms with Gasteiger partial charge in [0.15, 0.2) is 0 Å². The average molecular weight is 398 g/mol. The van der Waals surface area contributed by atoms with Crippen LogP contribution in [0.5, 0.6) is 11.5 Å². The third-order valence-electron chi connectivity index (χ3n) is 4.97. The fraction of sp³-hybridized carbons (Fsp3) is 0.381. The number of rotatable bonds is 4. The van der Waals surface area contributed by atoms with Gasteiger partial charge in [-0.3, -0.25) is 0 Å². The van der Waals surface area contributed by atoms with Gasteiger partial charge in [0.1, 0.15) is 17.3 Å². The molecular formula is C21H22F4O3. The van der Waals surface area contributed by atoms with E-state index in [0.717, 1.165) is 55.5 Å². The standard InChI is InChI=1S/C21H20F4O3.H2/c1-13-2-4-14(5-3-13)15-6-11-18(19(22)12-15)20(26)27-16-7-9-17(10-8-16)28-21(23,24)25;/h6-14H,2-5H2,1H3;1H. The second-order valence-corrected chi connectivity index (χ2v) is 7.10. The van der Waals surface area contributed by atoms with Crippen LogP contribution in [-0.2, 0) is 0 Å². The number of alkyl halides is 3. The average Bonchev–Trinajstić information content (AvgIpc) is 2.62. The van der Waals surface area contributed by atoms with E-state index in [4.69, 9.17) is 4.74 Å². The molecule has 2 aromatic carbocycles. The first kappa shape index (κ1) is 20.2. The van der Waals surface area contributed by atoms with Gasteiger partial charge in [0.2, 0.25) is 0 Å². The minimum absolute atomic E-state index is 0. The Morgan fingerprint density at radius 2 is 1.61 bits per heavy atom. The molecule has 0 unspecified atom stereocenters. The molecule has 0 atom stereocenters. The van der Waals surface area contributed by atoms with E-state index >= 15 is 0 Å². The van der Waals surface area contributed by atoms with Crippen molar-refractivity contribution in [2.45, 2.75) is 44.9 Å². The largest absolute Gasteiger partial charge is 0.573 e. The Morgan fingerprint density at radius 1 is 1.00 bits per heavy atom. The van der Waals surface area contributed by atoms with Crippen LogP contribution in [0.25, 0.3) is 0 Å². The Morgan fingerprint density at radius 3 is 2.18 bits per heavy atom. The van der Waals surface area contributed by atoms with E-state index in [1.165, 1.54) is 12.1 Å². The zero-order valence-corrected chi connectivity index (χ0v) is 15.3. The second kappa shape index (κ2) is 8.20. The number of hydrogen-bond acceptors (Lipinski definition) is 3. The summed E-state index contributed by atoms with van der Waals surface area (Å²) in [6.07, 6.45) is -0.610. The summed E-state index contributed by atoms with van der Waals surface area (Å²) in [5.41, 5.74) is 0.651. The molecule has 3 nitrogen and oxygen atoms in total. The molecule has 1 saturated carbocycles. The summed E-state index contributed by atoms with van der Waals surface area (Å²) in [6.45, 7) is 2.21. The summed E-state index contributed by atoms with van der Waals surface area (Å²) < 4.78 is 59.7.